The smallest absolute Gasteiger partial charge is 0.374 e. The standard InChI is InChI=1S/C20H41F3N4O/c1-14(25-17(2,3)4)11-19(7,8)26-16(20(21,22)23)15-12-27(9-10-28-15)13-18(5,6)24/h14-16,25-26H,9-13,24H2,1-8H3. The van der Waals surface area contributed by atoms with Crippen LogP contribution in [0.25, 0.3) is 0 Å². The van der Waals surface area contributed by atoms with Crippen LogP contribution in [0.15, 0.2) is 0 Å². The first kappa shape index (κ1) is 25.6. The van der Waals surface area contributed by atoms with Crippen molar-refractivity contribution in [1.29, 1.82) is 0 Å². The van der Waals surface area contributed by atoms with E-state index < -0.39 is 29.4 Å². The van der Waals surface area contributed by atoms with Crippen molar-refractivity contribution < 1.29 is 17.9 Å². The van der Waals surface area contributed by atoms with Crippen molar-refractivity contribution in [3.8, 4) is 0 Å². The van der Waals surface area contributed by atoms with Gasteiger partial charge in [0.1, 0.15) is 6.04 Å². The van der Waals surface area contributed by atoms with Crippen LogP contribution in [0, 0.1) is 0 Å². The summed E-state index contributed by atoms with van der Waals surface area (Å²) in [6.45, 7) is 17.1. The second-order valence-corrected chi connectivity index (χ2v) is 10.7. The van der Waals surface area contributed by atoms with Crippen LogP contribution in [0.4, 0.5) is 13.2 Å². The number of hydrogen-bond acceptors (Lipinski definition) is 5. The number of hydrogen-bond donors (Lipinski definition) is 3. The molecule has 0 aliphatic carbocycles. The zero-order valence-corrected chi connectivity index (χ0v) is 18.8. The van der Waals surface area contributed by atoms with Gasteiger partial charge in [0.15, 0.2) is 0 Å². The van der Waals surface area contributed by atoms with Gasteiger partial charge in [-0.2, -0.15) is 13.2 Å². The molecule has 0 bridgehead atoms. The molecule has 1 aliphatic rings. The third-order valence-electron chi connectivity index (χ3n) is 4.58. The fourth-order valence-corrected chi connectivity index (χ4v) is 4.07. The molecule has 28 heavy (non-hydrogen) atoms. The quantitative estimate of drug-likeness (QED) is 0.574. The van der Waals surface area contributed by atoms with Crippen molar-refractivity contribution in [2.45, 2.75) is 103 Å². The molecule has 0 saturated carbocycles. The number of nitrogens with two attached hydrogens (primary N) is 1. The Bertz CT molecular complexity index is 483. The first-order chi connectivity index (χ1) is 12.4. The zero-order chi connectivity index (χ0) is 22.0. The van der Waals surface area contributed by atoms with Gasteiger partial charge in [0.05, 0.1) is 12.7 Å². The van der Waals surface area contributed by atoms with Crippen LogP contribution in [-0.2, 0) is 4.74 Å². The molecule has 0 radical (unpaired) electrons. The lowest BCUT2D eigenvalue weighted by molar-refractivity contribution is -0.200. The predicted octanol–water partition coefficient (Wildman–Crippen LogP) is 2.89. The summed E-state index contributed by atoms with van der Waals surface area (Å²) < 4.78 is 47.3. The van der Waals surface area contributed by atoms with Crippen molar-refractivity contribution >= 4 is 0 Å². The molecule has 0 aromatic rings. The molecule has 8 heteroatoms. The van der Waals surface area contributed by atoms with E-state index in [0.717, 1.165) is 0 Å². The Labute approximate surface area is 168 Å². The van der Waals surface area contributed by atoms with Gasteiger partial charge in [0.2, 0.25) is 0 Å². The monoisotopic (exact) mass is 410 g/mol. The normalized spacial score (nSPS) is 22.9. The number of rotatable bonds is 8. The van der Waals surface area contributed by atoms with Gasteiger partial charge in [-0.15, -0.1) is 0 Å². The summed E-state index contributed by atoms with van der Waals surface area (Å²) in [5.41, 5.74) is 4.78. The molecule has 3 atom stereocenters. The van der Waals surface area contributed by atoms with Gasteiger partial charge < -0.3 is 15.8 Å². The Morgan fingerprint density at radius 3 is 2.11 bits per heavy atom. The molecule has 168 valence electrons. The topological polar surface area (TPSA) is 62.5 Å². The van der Waals surface area contributed by atoms with Crippen LogP contribution < -0.4 is 16.4 Å². The van der Waals surface area contributed by atoms with Gasteiger partial charge in [-0.1, -0.05) is 0 Å². The number of nitrogens with zero attached hydrogens (tertiary/aromatic N) is 1. The van der Waals surface area contributed by atoms with E-state index in [1.807, 2.05) is 60.3 Å². The van der Waals surface area contributed by atoms with Crippen LogP contribution in [0.3, 0.4) is 0 Å². The molecular formula is C20H41F3N4O. The Kier molecular flexibility index (Phi) is 8.39. The molecule has 0 amide bonds. The minimum absolute atomic E-state index is 0.0678. The van der Waals surface area contributed by atoms with E-state index in [0.29, 0.717) is 19.5 Å². The summed E-state index contributed by atoms with van der Waals surface area (Å²) in [7, 11) is 0. The van der Waals surface area contributed by atoms with E-state index in [-0.39, 0.29) is 24.7 Å². The van der Waals surface area contributed by atoms with Crippen LogP contribution in [-0.4, -0.2) is 72.1 Å². The molecule has 1 heterocycles. The van der Waals surface area contributed by atoms with Crippen LogP contribution in [0.1, 0.15) is 61.8 Å². The predicted molar refractivity (Wildman–Crippen MR) is 108 cm³/mol. The third kappa shape index (κ3) is 9.87. The molecule has 0 spiro atoms. The lowest BCUT2D eigenvalue weighted by Crippen LogP contribution is -2.64. The van der Waals surface area contributed by atoms with E-state index in [2.05, 4.69) is 10.6 Å². The Hall–Kier alpha value is -0.410. The highest BCUT2D eigenvalue weighted by Crippen LogP contribution is 2.29. The van der Waals surface area contributed by atoms with E-state index in [9.17, 15) is 13.2 Å². The van der Waals surface area contributed by atoms with E-state index in [1.54, 1.807) is 0 Å². The van der Waals surface area contributed by atoms with Crippen LogP contribution in [0.5, 0.6) is 0 Å². The lowest BCUT2D eigenvalue weighted by atomic mass is 9.92. The Balaban J connectivity index is 2.85. The maximum atomic E-state index is 13.9. The number of ether oxygens (including phenoxy) is 1. The summed E-state index contributed by atoms with van der Waals surface area (Å²) in [4.78, 5) is 1.96. The maximum Gasteiger partial charge on any atom is 0.406 e. The number of nitrogens with one attached hydrogen (secondary N) is 2. The van der Waals surface area contributed by atoms with Gasteiger partial charge in [-0.3, -0.25) is 10.2 Å². The molecule has 3 unspecified atom stereocenters. The summed E-state index contributed by atoms with van der Waals surface area (Å²) in [6.07, 6.45) is -4.80. The van der Waals surface area contributed by atoms with E-state index >= 15 is 0 Å². The van der Waals surface area contributed by atoms with Gasteiger partial charge in [-0.05, 0) is 61.8 Å². The lowest BCUT2D eigenvalue weighted by Gasteiger charge is -2.43. The summed E-state index contributed by atoms with van der Waals surface area (Å²) in [5, 5.41) is 6.28. The van der Waals surface area contributed by atoms with Crippen molar-refractivity contribution in [2.24, 2.45) is 5.73 Å². The molecule has 5 nitrogen and oxygen atoms in total. The van der Waals surface area contributed by atoms with Crippen molar-refractivity contribution in [3.05, 3.63) is 0 Å². The van der Waals surface area contributed by atoms with Gasteiger partial charge in [-0.25, -0.2) is 0 Å². The average molecular weight is 411 g/mol. The average Bonchev–Trinajstić information content (AvgIpc) is 2.39. The number of alkyl halides is 3. The Morgan fingerprint density at radius 1 is 1.07 bits per heavy atom. The fraction of sp³-hybridized carbons (Fsp3) is 1.00. The second-order valence-electron chi connectivity index (χ2n) is 10.7. The van der Waals surface area contributed by atoms with E-state index in [1.165, 1.54) is 0 Å². The first-order valence-corrected chi connectivity index (χ1v) is 10.1. The second kappa shape index (κ2) is 9.16. The van der Waals surface area contributed by atoms with Crippen LogP contribution in [0.2, 0.25) is 0 Å². The summed E-state index contributed by atoms with van der Waals surface area (Å²) >= 11 is 0. The fourth-order valence-electron chi connectivity index (χ4n) is 4.07. The molecule has 1 aliphatic heterocycles. The minimum Gasteiger partial charge on any atom is -0.374 e. The summed E-state index contributed by atoms with van der Waals surface area (Å²) in [5.74, 6) is 0. The van der Waals surface area contributed by atoms with Crippen LogP contribution >= 0.6 is 0 Å². The molecule has 0 aromatic heterocycles. The SMILES string of the molecule is CC(CC(C)(C)NC(C1CN(CC(C)(C)N)CCO1)C(F)(F)F)NC(C)(C)C. The number of morpholine rings is 1. The van der Waals surface area contributed by atoms with Crippen molar-refractivity contribution in [1.82, 2.24) is 15.5 Å². The van der Waals surface area contributed by atoms with Crippen molar-refractivity contribution in [2.75, 3.05) is 26.2 Å². The Morgan fingerprint density at radius 2 is 1.64 bits per heavy atom. The number of halogens is 3. The highest BCUT2D eigenvalue weighted by atomic mass is 19.4. The van der Waals surface area contributed by atoms with E-state index in [4.69, 9.17) is 10.5 Å². The van der Waals surface area contributed by atoms with Crippen molar-refractivity contribution in [3.63, 3.8) is 0 Å². The molecule has 4 N–H and O–H groups in total. The third-order valence-corrected chi connectivity index (χ3v) is 4.58. The largest absolute Gasteiger partial charge is 0.406 e. The summed E-state index contributed by atoms with van der Waals surface area (Å²) in [6, 6.07) is -1.66. The first-order valence-electron chi connectivity index (χ1n) is 10.1. The van der Waals surface area contributed by atoms with Gasteiger partial charge in [0.25, 0.3) is 0 Å². The highest BCUT2D eigenvalue weighted by Gasteiger charge is 2.49. The maximum absolute atomic E-state index is 13.9. The molecule has 0 aromatic carbocycles. The highest BCUT2D eigenvalue weighted by molar-refractivity contribution is 4.96. The molecular weight excluding hydrogens is 369 g/mol. The molecule has 1 fully saturated rings. The zero-order valence-electron chi connectivity index (χ0n) is 18.8. The molecule has 1 saturated heterocycles. The molecule has 1 rings (SSSR count). The van der Waals surface area contributed by atoms with Gasteiger partial charge in [0, 0.05) is 42.3 Å². The van der Waals surface area contributed by atoms with Gasteiger partial charge >= 0.3 is 6.18 Å². The minimum atomic E-state index is -4.40.